The molecular formula is C28H31FN4OSi. The highest BCUT2D eigenvalue weighted by Gasteiger charge is 2.23. The molecule has 1 saturated heterocycles. The summed E-state index contributed by atoms with van der Waals surface area (Å²) >= 11 is 0. The van der Waals surface area contributed by atoms with Crippen LogP contribution in [0.3, 0.4) is 0 Å². The van der Waals surface area contributed by atoms with E-state index < -0.39 is 8.07 Å². The monoisotopic (exact) mass is 486 g/mol. The second-order valence-electron chi connectivity index (χ2n) is 9.96. The molecule has 5 nitrogen and oxygen atoms in total. The van der Waals surface area contributed by atoms with E-state index in [2.05, 4.69) is 53.4 Å². The molecule has 1 aliphatic heterocycles. The minimum Gasteiger partial charge on any atom is -0.356 e. The highest BCUT2D eigenvalue weighted by Crippen LogP contribution is 2.25. The quantitative estimate of drug-likeness (QED) is 0.345. The summed E-state index contributed by atoms with van der Waals surface area (Å²) in [4.78, 5) is 20.2. The third-order valence-electron chi connectivity index (χ3n) is 7.21. The molecule has 0 bridgehead atoms. The van der Waals surface area contributed by atoms with Crippen molar-refractivity contribution in [2.24, 2.45) is 0 Å². The third-order valence-corrected chi connectivity index (χ3v) is 10.9. The van der Waals surface area contributed by atoms with Gasteiger partial charge in [-0.2, -0.15) is 0 Å². The molecule has 0 unspecified atom stereocenters. The van der Waals surface area contributed by atoms with Gasteiger partial charge in [0.05, 0.1) is 20.0 Å². The number of nitrogens with one attached hydrogen (secondary N) is 1. The predicted molar refractivity (Wildman–Crippen MR) is 144 cm³/mol. The van der Waals surface area contributed by atoms with Crippen LogP contribution >= 0.6 is 0 Å². The minimum atomic E-state index is -1.53. The first-order valence-electron chi connectivity index (χ1n) is 12.2. The molecule has 2 aromatic heterocycles. The molecule has 5 rings (SSSR count). The van der Waals surface area contributed by atoms with Gasteiger partial charge in [-0.15, -0.1) is 0 Å². The van der Waals surface area contributed by atoms with E-state index in [9.17, 15) is 9.18 Å². The fourth-order valence-corrected chi connectivity index (χ4v) is 5.95. The zero-order chi connectivity index (χ0) is 24.6. The summed E-state index contributed by atoms with van der Waals surface area (Å²) < 4.78 is 15.9. The maximum Gasteiger partial charge on any atom is 0.272 e. The average molecular weight is 487 g/mol. The molecule has 0 spiro atoms. The van der Waals surface area contributed by atoms with Crippen LogP contribution in [0.1, 0.15) is 29.4 Å². The van der Waals surface area contributed by atoms with Gasteiger partial charge < -0.3 is 14.8 Å². The molecule has 0 saturated carbocycles. The number of hydrogen-bond acceptors (Lipinski definition) is 3. The Morgan fingerprint density at radius 2 is 1.91 bits per heavy atom. The first-order chi connectivity index (χ1) is 16.8. The molecule has 35 heavy (non-hydrogen) atoms. The van der Waals surface area contributed by atoms with Crippen LogP contribution in [0.15, 0.2) is 66.9 Å². The van der Waals surface area contributed by atoms with Crippen molar-refractivity contribution in [2.75, 3.05) is 23.3 Å². The minimum absolute atomic E-state index is 0.204. The Morgan fingerprint density at radius 1 is 1.09 bits per heavy atom. The zero-order valence-corrected chi connectivity index (χ0v) is 21.5. The van der Waals surface area contributed by atoms with Crippen LogP contribution in [-0.2, 0) is 6.54 Å². The number of rotatable bonds is 7. The van der Waals surface area contributed by atoms with Crippen LogP contribution in [-0.4, -0.2) is 36.6 Å². The molecule has 0 aliphatic carbocycles. The van der Waals surface area contributed by atoms with Crippen molar-refractivity contribution in [1.82, 2.24) is 9.55 Å². The van der Waals surface area contributed by atoms with E-state index in [1.807, 2.05) is 28.8 Å². The van der Waals surface area contributed by atoms with Gasteiger partial charge in [0.15, 0.2) is 0 Å². The summed E-state index contributed by atoms with van der Waals surface area (Å²) in [5, 5.41) is 5.41. The van der Waals surface area contributed by atoms with E-state index in [1.54, 1.807) is 12.3 Å². The predicted octanol–water partition coefficient (Wildman–Crippen LogP) is 5.62. The smallest absolute Gasteiger partial charge is 0.272 e. The fraction of sp³-hybridized carbons (Fsp3) is 0.286. The SMILES string of the molecule is CC[Si](C)(C)c1ccc2c(c1)cc(C(=O)Nc1ccc(N3CCC3)nc1)n2Cc1cccc(F)c1. The van der Waals surface area contributed by atoms with Crippen LogP contribution in [0, 0.1) is 5.82 Å². The molecule has 1 amide bonds. The second kappa shape index (κ2) is 9.30. The molecule has 1 fully saturated rings. The normalized spacial score (nSPS) is 13.7. The summed E-state index contributed by atoms with van der Waals surface area (Å²) in [6, 6.07) is 20.0. The van der Waals surface area contributed by atoms with Gasteiger partial charge in [-0.1, -0.05) is 55.5 Å². The van der Waals surface area contributed by atoms with Crippen LogP contribution in [0.5, 0.6) is 0 Å². The van der Waals surface area contributed by atoms with Gasteiger partial charge in [0.1, 0.15) is 17.3 Å². The third kappa shape index (κ3) is 4.73. The summed E-state index contributed by atoms with van der Waals surface area (Å²) in [5.74, 6) is 0.450. The van der Waals surface area contributed by atoms with Gasteiger partial charge >= 0.3 is 0 Å². The number of nitrogens with zero attached hydrogens (tertiary/aromatic N) is 3. The van der Waals surface area contributed by atoms with Crippen molar-refractivity contribution >= 4 is 41.6 Å². The average Bonchev–Trinajstić information content (AvgIpc) is 3.17. The van der Waals surface area contributed by atoms with E-state index in [1.165, 1.54) is 23.7 Å². The van der Waals surface area contributed by atoms with E-state index in [0.717, 1.165) is 41.4 Å². The highest BCUT2D eigenvalue weighted by atomic mass is 28.3. The standard InChI is InChI=1S/C28H31FN4OSi/c1-4-35(2,3)24-10-11-25-21(16-24)17-26(33(25)19-20-7-5-8-22(29)15-20)28(34)31-23-9-12-27(30-18-23)32-13-6-14-32/h5,7-12,15-18H,4,6,13-14,19H2,1-3H3,(H,31,34). The Bertz CT molecular complexity index is 1380. The summed E-state index contributed by atoms with van der Waals surface area (Å²) in [7, 11) is -1.53. The van der Waals surface area contributed by atoms with Crippen molar-refractivity contribution in [3.05, 3.63) is 83.9 Å². The summed E-state index contributed by atoms with van der Waals surface area (Å²) in [5.41, 5.74) is 2.98. The number of halogens is 1. The number of amides is 1. The number of carbonyl (C=O) groups excluding carboxylic acids is 1. The molecule has 1 aliphatic rings. The fourth-order valence-electron chi connectivity index (χ4n) is 4.46. The van der Waals surface area contributed by atoms with Crippen LogP contribution in [0.2, 0.25) is 19.1 Å². The lowest BCUT2D eigenvalue weighted by molar-refractivity contribution is 0.101. The Labute approximate surface area is 206 Å². The molecule has 3 heterocycles. The topological polar surface area (TPSA) is 50.2 Å². The molecule has 7 heteroatoms. The Balaban J connectivity index is 1.50. The number of carbonyl (C=O) groups is 1. The summed E-state index contributed by atoms with van der Waals surface area (Å²) in [6.45, 7) is 9.43. The van der Waals surface area contributed by atoms with Crippen molar-refractivity contribution in [2.45, 2.75) is 39.0 Å². The Kier molecular flexibility index (Phi) is 6.19. The van der Waals surface area contributed by atoms with Crippen molar-refractivity contribution < 1.29 is 9.18 Å². The number of pyridine rings is 1. The van der Waals surface area contributed by atoms with Crippen LogP contribution in [0.25, 0.3) is 10.9 Å². The van der Waals surface area contributed by atoms with Crippen LogP contribution < -0.4 is 15.4 Å². The van der Waals surface area contributed by atoms with Crippen molar-refractivity contribution in [1.29, 1.82) is 0 Å². The number of benzene rings is 2. The maximum atomic E-state index is 13.9. The van der Waals surface area contributed by atoms with E-state index in [-0.39, 0.29) is 11.7 Å². The highest BCUT2D eigenvalue weighted by molar-refractivity contribution is 6.89. The lowest BCUT2D eigenvalue weighted by Crippen LogP contribution is -2.40. The molecular weight excluding hydrogens is 455 g/mol. The van der Waals surface area contributed by atoms with E-state index in [4.69, 9.17) is 0 Å². The summed E-state index contributed by atoms with van der Waals surface area (Å²) in [6.07, 6.45) is 2.90. The number of hydrogen-bond donors (Lipinski definition) is 1. The molecule has 2 aromatic carbocycles. The van der Waals surface area contributed by atoms with Crippen molar-refractivity contribution in [3.63, 3.8) is 0 Å². The first kappa shape index (κ1) is 23.3. The largest absolute Gasteiger partial charge is 0.356 e. The molecule has 4 aromatic rings. The molecule has 0 atom stereocenters. The number of fused-ring (bicyclic) bond motifs is 1. The Hall–Kier alpha value is -3.45. The van der Waals surface area contributed by atoms with Crippen molar-refractivity contribution in [3.8, 4) is 0 Å². The lowest BCUT2D eigenvalue weighted by Gasteiger charge is -2.31. The zero-order valence-electron chi connectivity index (χ0n) is 20.5. The van der Waals surface area contributed by atoms with E-state index >= 15 is 0 Å². The molecule has 180 valence electrons. The molecule has 0 radical (unpaired) electrons. The van der Waals surface area contributed by atoms with E-state index in [0.29, 0.717) is 17.9 Å². The second-order valence-corrected chi connectivity index (χ2v) is 15.0. The maximum absolute atomic E-state index is 13.9. The van der Waals surface area contributed by atoms with Gasteiger partial charge in [0, 0.05) is 30.5 Å². The number of aromatic nitrogens is 2. The van der Waals surface area contributed by atoms with Gasteiger partial charge in [-0.3, -0.25) is 4.79 Å². The van der Waals surface area contributed by atoms with Gasteiger partial charge in [-0.25, -0.2) is 9.37 Å². The van der Waals surface area contributed by atoms with Gasteiger partial charge in [0.25, 0.3) is 5.91 Å². The molecule has 1 N–H and O–H groups in total. The van der Waals surface area contributed by atoms with Crippen LogP contribution in [0.4, 0.5) is 15.9 Å². The lowest BCUT2D eigenvalue weighted by atomic mass is 10.2. The van der Waals surface area contributed by atoms with Gasteiger partial charge in [0.2, 0.25) is 0 Å². The Morgan fingerprint density at radius 3 is 2.57 bits per heavy atom. The first-order valence-corrected chi connectivity index (χ1v) is 15.5. The van der Waals surface area contributed by atoms with Gasteiger partial charge in [-0.05, 0) is 48.4 Å². The number of anilines is 2.